The smallest absolute Gasteiger partial charge is 0.350 e. The second-order valence-corrected chi connectivity index (χ2v) is 8.51. The van der Waals surface area contributed by atoms with Gasteiger partial charge in [0.05, 0.1) is 18.2 Å². The van der Waals surface area contributed by atoms with Crippen LogP contribution in [-0.2, 0) is 4.74 Å². The summed E-state index contributed by atoms with van der Waals surface area (Å²) in [5.74, 6) is 0.260. The Labute approximate surface area is 188 Å². The first-order valence-corrected chi connectivity index (χ1v) is 10.7. The Hall–Kier alpha value is -3.16. The van der Waals surface area contributed by atoms with E-state index < -0.39 is 5.97 Å². The molecule has 0 saturated heterocycles. The molecule has 0 atom stereocenters. The van der Waals surface area contributed by atoms with Gasteiger partial charge in [0, 0.05) is 22.0 Å². The van der Waals surface area contributed by atoms with Crippen LogP contribution in [0.2, 0.25) is 5.02 Å². The Kier molecular flexibility index (Phi) is 5.80. The maximum absolute atomic E-state index is 11.9. The van der Waals surface area contributed by atoms with Gasteiger partial charge in [0.25, 0.3) is 0 Å². The molecule has 31 heavy (non-hydrogen) atoms. The largest absolute Gasteiger partial charge is 0.465 e. The third-order valence-electron chi connectivity index (χ3n) is 4.80. The molecule has 0 amide bonds. The van der Waals surface area contributed by atoms with Crippen LogP contribution in [0.4, 0.5) is 5.13 Å². The van der Waals surface area contributed by atoms with E-state index in [9.17, 15) is 4.79 Å². The minimum Gasteiger partial charge on any atom is -0.465 e. The number of anilines is 1. The number of carbonyl (C=O) groups excluding carboxylic acids is 1. The number of fused-ring (bicyclic) bond motifs is 1. The van der Waals surface area contributed by atoms with Crippen LogP contribution in [0.3, 0.4) is 0 Å². The molecule has 6 nitrogen and oxygen atoms in total. The maximum atomic E-state index is 11.9. The van der Waals surface area contributed by atoms with Gasteiger partial charge in [0.2, 0.25) is 5.13 Å². The van der Waals surface area contributed by atoms with E-state index in [1.54, 1.807) is 6.92 Å². The number of hydrogen-bond acceptors (Lipinski definition) is 7. The first-order chi connectivity index (χ1) is 14.9. The predicted octanol–water partition coefficient (Wildman–Crippen LogP) is 5.85. The van der Waals surface area contributed by atoms with Gasteiger partial charge in [-0.05, 0) is 38.5 Å². The number of aromatic nitrogens is 1. The standard InChI is InChI=1S/C23H20ClN3O3S/c1-12-5-7-15(8-6-12)19-11-18(16-10-17(24)13(2)9-20(16)30-19)26-27-23-25-14(3)21(31-23)22(28)29-4/h5-11H,1-4H3,(H,25,27)/b26-18+. The molecule has 4 aromatic rings. The van der Waals surface area contributed by atoms with Crippen LogP contribution >= 0.6 is 22.9 Å². The molecule has 2 aromatic heterocycles. The molecule has 0 radical (unpaired) electrons. The van der Waals surface area contributed by atoms with Gasteiger partial charge >= 0.3 is 5.97 Å². The molecule has 0 unspecified atom stereocenters. The maximum Gasteiger partial charge on any atom is 0.350 e. The Morgan fingerprint density at radius 1 is 1.16 bits per heavy atom. The number of thiazole rings is 1. The first-order valence-electron chi connectivity index (χ1n) is 9.52. The molecule has 0 aliphatic rings. The van der Waals surface area contributed by atoms with Gasteiger partial charge in [-0.25, -0.2) is 9.78 Å². The molecular formula is C23H20ClN3O3S. The van der Waals surface area contributed by atoms with Crippen LogP contribution in [0.1, 0.15) is 26.5 Å². The highest BCUT2D eigenvalue weighted by molar-refractivity contribution is 7.17. The molecule has 8 heteroatoms. The highest BCUT2D eigenvalue weighted by atomic mass is 35.5. The number of aryl methyl sites for hydroxylation is 3. The summed E-state index contributed by atoms with van der Waals surface area (Å²) >= 11 is 7.55. The lowest BCUT2D eigenvalue weighted by Crippen LogP contribution is -2.07. The number of rotatable bonds is 4. The lowest BCUT2D eigenvalue weighted by Gasteiger charge is -2.07. The van der Waals surface area contributed by atoms with Crippen molar-refractivity contribution in [1.82, 2.24) is 4.98 Å². The second kappa shape index (κ2) is 8.53. The van der Waals surface area contributed by atoms with Crippen molar-refractivity contribution < 1.29 is 13.9 Å². The van der Waals surface area contributed by atoms with Crippen LogP contribution in [-0.4, -0.2) is 18.1 Å². The number of nitrogens with zero attached hydrogens (tertiary/aromatic N) is 2. The third-order valence-corrected chi connectivity index (χ3v) is 6.25. The molecule has 0 spiro atoms. The van der Waals surface area contributed by atoms with E-state index >= 15 is 0 Å². The summed E-state index contributed by atoms with van der Waals surface area (Å²) in [7, 11) is 1.34. The van der Waals surface area contributed by atoms with Gasteiger partial charge in [0.1, 0.15) is 16.2 Å². The van der Waals surface area contributed by atoms with E-state index in [1.807, 2.05) is 56.3 Å². The van der Waals surface area contributed by atoms with E-state index in [4.69, 9.17) is 20.8 Å². The molecule has 0 bridgehead atoms. The van der Waals surface area contributed by atoms with Crippen molar-refractivity contribution in [2.24, 2.45) is 5.10 Å². The van der Waals surface area contributed by atoms with Gasteiger partial charge in [-0.1, -0.05) is 52.8 Å². The minimum atomic E-state index is -0.420. The average molecular weight is 454 g/mol. The van der Waals surface area contributed by atoms with E-state index in [0.29, 0.717) is 37.4 Å². The zero-order valence-electron chi connectivity index (χ0n) is 17.4. The summed E-state index contributed by atoms with van der Waals surface area (Å²) in [6, 6.07) is 13.7. The van der Waals surface area contributed by atoms with Crippen molar-refractivity contribution in [3.63, 3.8) is 0 Å². The number of ether oxygens (including phenoxy) is 1. The van der Waals surface area contributed by atoms with Crippen molar-refractivity contribution in [3.8, 4) is 11.3 Å². The van der Waals surface area contributed by atoms with Gasteiger partial charge in [-0.2, -0.15) is 5.10 Å². The zero-order valence-corrected chi connectivity index (χ0v) is 19.0. The summed E-state index contributed by atoms with van der Waals surface area (Å²) in [5.41, 5.74) is 7.23. The molecule has 1 N–H and O–H groups in total. The van der Waals surface area contributed by atoms with Crippen LogP contribution in [0, 0.1) is 20.8 Å². The fourth-order valence-corrected chi connectivity index (χ4v) is 4.07. The summed E-state index contributed by atoms with van der Waals surface area (Å²) in [6.07, 6.45) is 0. The highest BCUT2D eigenvalue weighted by Crippen LogP contribution is 2.27. The van der Waals surface area contributed by atoms with Gasteiger partial charge in [0.15, 0.2) is 0 Å². The third kappa shape index (κ3) is 4.33. The van der Waals surface area contributed by atoms with E-state index in [-0.39, 0.29) is 0 Å². The highest BCUT2D eigenvalue weighted by Gasteiger charge is 2.15. The zero-order chi connectivity index (χ0) is 22.1. The molecule has 0 saturated carbocycles. The number of benzene rings is 2. The Bertz CT molecular complexity index is 1360. The fourth-order valence-electron chi connectivity index (χ4n) is 3.08. The molecule has 2 aromatic carbocycles. The lowest BCUT2D eigenvalue weighted by molar-refractivity contribution is 0.0605. The Morgan fingerprint density at radius 2 is 1.90 bits per heavy atom. The molecule has 4 rings (SSSR count). The topological polar surface area (TPSA) is 76.7 Å². The molecule has 0 aliphatic heterocycles. The molecule has 0 fully saturated rings. The van der Waals surface area contributed by atoms with E-state index in [0.717, 1.165) is 16.5 Å². The summed E-state index contributed by atoms with van der Waals surface area (Å²) < 4.78 is 11.0. The number of nitrogens with one attached hydrogen (secondary N) is 1. The Morgan fingerprint density at radius 3 is 2.61 bits per heavy atom. The molecular weight excluding hydrogens is 434 g/mol. The fraction of sp³-hybridized carbons (Fsp3) is 0.174. The SMILES string of the molecule is COC(=O)c1sc(N/N=c2\cc(-c3ccc(C)cc3)oc3cc(C)c(Cl)cc23)nc1C. The van der Waals surface area contributed by atoms with Crippen molar-refractivity contribution in [1.29, 1.82) is 0 Å². The second-order valence-electron chi connectivity index (χ2n) is 7.11. The number of carbonyl (C=O) groups is 1. The molecule has 0 aliphatic carbocycles. The predicted molar refractivity (Wildman–Crippen MR) is 124 cm³/mol. The van der Waals surface area contributed by atoms with Crippen molar-refractivity contribution >= 4 is 45.0 Å². The number of hydrogen-bond donors (Lipinski definition) is 1. The van der Waals surface area contributed by atoms with Crippen LogP contribution in [0.15, 0.2) is 52.0 Å². The van der Waals surface area contributed by atoms with Gasteiger partial charge in [-0.15, -0.1) is 0 Å². The average Bonchev–Trinajstić information content (AvgIpc) is 3.13. The van der Waals surface area contributed by atoms with Crippen LogP contribution < -0.4 is 10.8 Å². The van der Waals surface area contributed by atoms with Crippen molar-refractivity contribution in [3.05, 3.63) is 74.5 Å². The van der Waals surface area contributed by atoms with Gasteiger partial charge in [-0.3, -0.25) is 5.43 Å². The number of halogens is 1. The summed E-state index contributed by atoms with van der Waals surface area (Å²) in [4.78, 5) is 16.7. The first kappa shape index (κ1) is 21.1. The Balaban J connectivity index is 1.84. The number of methoxy groups -OCH3 is 1. The lowest BCUT2D eigenvalue weighted by atomic mass is 10.1. The molecule has 2 heterocycles. The van der Waals surface area contributed by atoms with E-state index in [2.05, 4.69) is 15.5 Å². The number of esters is 1. The van der Waals surface area contributed by atoms with Crippen molar-refractivity contribution in [2.75, 3.05) is 12.5 Å². The quantitative estimate of drug-likeness (QED) is 0.310. The molecule has 158 valence electrons. The van der Waals surface area contributed by atoms with Crippen molar-refractivity contribution in [2.45, 2.75) is 20.8 Å². The minimum absolute atomic E-state index is 0.420. The van der Waals surface area contributed by atoms with Gasteiger partial charge < -0.3 is 9.15 Å². The normalized spacial score (nSPS) is 11.7. The summed E-state index contributed by atoms with van der Waals surface area (Å²) in [6.45, 7) is 5.72. The van der Waals surface area contributed by atoms with Crippen LogP contribution in [0.5, 0.6) is 0 Å². The van der Waals surface area contributed by atoms with E-state index in [1.165, 1.54) is 24.0 Å². The summed E-state index contributed by atoms with van der Waals surface area (Å²) in [5, 5.41) is 7.07. The monoisotopic (exact) mass is 453 g/mol. The van der Waals surface area contributed by atoms with Crippen LogP contribution in [0.25, 0.3) is 22.3 Å².